The smallest absolute Gasteiger partial charge is 0.274 e. The molecule has 1 aliphatic rings. The summed E-state index contributed by atoms with van der Waals surface area (Å²) < 4.78 is 5.80. The summed E-state index contributed by atoms with van der Waals surface area (Å²) in [5.41, 5.74) is 6.56. The van der Waals surface area contributed by atoms with Gasteiger partial charge in [-0.1, -0.05) is 18.2 Å². The molecule has 25 heavy (non-hydrogen) atoms. The zero-order valence-electron chi connectivity index (χ0n) is 13.5. The minimum absolute atomic E-state index is 0.248. The Morgan fingerprint density at radius 2 is 2.12 bits per heavy atom. The van der Waals surface area contributed by atoms with Crippen molar-refractivity contribution < 1.29 is 14.0 Å². The van der Waals surface area contributed by atoms with Gasteiger partial charge in [0, 0.05) is 17.3 Å². The van der Waals surface area contributed by atoms with Gasteiger partial charge in [0.1, 0.15) is 17.3 Å². The number of nitrogens with zero attached hydrogens (tertiary/aromatic N) is 2. The van der Waals surface area contributed by atoms with Gasteiger partial charge in [0.25, 0.3) is 5.91 Å². The summed E-state index contributed by atoms with van der Waals surface area (Å²) in [5.74, 6) is -0.0711. The molecule has 1 saturated heterocycles. The third-order valence-corrected chi connectivity index (χ3v) is 5.31. The second-order valence-electron chi connectivity index (χ2n) is 6.10. The number of primary amides is 1. The molecule has 0 spiro atoms. The minimum Gasteiger partial charge on any atom is -0.454 e. The van der Waals surface area contributed by atoms with Crippen LogP contribution in [0.2, 0.25) is 0 Å². The number of piperidine rings is 1. The predicted octanol–water partition coefficient (Wildman–Crippen LogP) is 3.04. The van der Waals surface area contributed by atoms with Crippen molar-refractivity contribution in [3.63, 3.8) is 0 Å². The number of aromatic nitrogens is 1. The van der Waals surface area contributed by atoms with Crippen LogP contribution in [0.1, 0.15) is 29.8 Å². The SMILES string of the molecule is NC(=O)[C@H]1CCCCN1C(=O)c1csc(-c2cc3ccccc3o2)n1. The molecule has 0 saturated carbocycles. The number of benzene rings is 1. The summed E-state index contributed by atoms with van der Waals surface area (Å²) in [6, 6.07) is 9.08. The van der Waals surface area contributed by atoms with Gasteiger partial charge in [-0.2, -0.15) is 0 Å². The van der Waals surface area contributed by atoms with Crippen molar-refractivity contribution in [3.05, 3.63) is 41.4 Å². The Kier molecular flexibility index (Phi) is 4.01. The molecular formula is C18H17N3O3S. The summed E-state index contributed by atoms with van der Waals surface area (Å²) in [6.45, 7) is 0.532. The van der Waals surface area contributed by atoms with E-state index in [1.54, 1.807) is 10.3 Å². The third kappa shape index (κ3) is 2.91. The largest absolute Gasteiger partial charge is 0.454 e. The van der Waals surface area contributed by atoms with Crippen molar-refractivity contribution in [2.75, 3.05) is 6.54 Å². The number of carbonyl (C=O) groups excluding carboxylic acids is 2. The van der Waals surface area contributed by atoms with E-state index in [9.17, 15) is 9.59 Å². The lowest BCUT2D eigenvalue weighted by molar-refractivity contribution is -0.123. The number of carbonyl (C=O) groups is 2. The second-order valence-corrected chi connectivity index (χ2v) is 6.96. The second kappa shape index (κ2) is 6.33. The highest BCUT2D eigenvalue weighted by Gasteiger charge is 2.32. The van der Waals surface area contributed by atoms with Crippen LogP contribution in [-0.4, -0.2) is 34.3 Å². The van der Waals surface area contributed by atoms with E-state index >= 15 is 0 Å². The Hall–Kier alpha value is -2.67. The molecule has 4 rings (SSSR count). The van der Waals surface area contributed by atoms with Crippen LogP contribution >= 0.6 is 11.3 Å². The highest BCUT2D eigenvalue weighted by molar-refractivity contribution is 7.13. The lowest BCUT2D eigenvalue weighted by Crippen LogP contribution is -2.50. The molecule has 0 radical (unpaired) electrons. The standard InChI is InChI=1S/C18H17N3O3S/c19-16(22)13-6-3-4-8-21(13)18(23)12-10-25-17(20-12)15-9-11-5-1-2-7-14(11)24-15/h1-2,5,7,9-10,13H,3-4,6,8H2,(H2,19,22)/t13-/m1/s1. The van der Waals surface area contributed by atoms with Gasteiger partial charge in [-0.15, -0.1) is 11.3 Å². The lowest BCUT2D eigenvalue weighted by Gasteiger charge is -2.33. The normalized spacial score (nSPS) is 17.8. The van der Waals surface area contributed by atoms with Crippen LogP contribution in [0, 0.1) is 0 Å². The average Bonchev–Trinajstić information content (AvgIpc) is 3.27. The molecule has 3 heterocycles. The first-order valence-corrected chi connectivity index (χ1v) is 9.06. The fourth-order valence-corrected chi connectivity index (χ4v) is 3.93. The Morgan fingerprint density at radius 3 is 2.92 bits per heavy atom. The highest BCUT2D eigenvalue weighted by atomic mass is 32.1. The first-order chi connectivity index (χ1) is 12.1. The molecule has 7 heteroatoms. The van der Waals surface area contributed by atoms with Crippen molar-refractivity contribution in [1.82, 2.24) is 9.88 Å². The van der Waals surface area contributed by atoms with Crippen molar-refractivity contribution in [1.29, 1.82) is 0 Å². The first kappa shape index (κ1) is 15.8. The highest BCUT2D eigenvalue weighted by Crippen LogP contribution is 2.30. The molecular weight excluding hydrogens is 338 g/mol. The quantitative estimate of drug-likeness (QED) is 0.782. The Bertz CT molecular complexity index is 913. The third-order valence-electron chi connectivity index (χ3n) is 4.45. The molecule has 2 amide bonds. The number of hydrogen-bond donors (Lipinski definition) is 1. The number of likely N-dealkylation sites (tertiary alicyclic amines) is 1. The molecule has 0 unspecified atom stereocenters. The molecule has 1 aromatic carbocycles. The van der Waals surface area contributed by atoms with E-state index in [1.165, 1.54) is 11.3 Å². The fraction of sp³-hybridized carbons (Fsp3) is 0.278. The zero-order chi connectivity index (χ0) is 17.4. The van der Waals surface area contributed by atoms with Gasteiger partial charge in [0.15, 0.2) is 10.8 Å². The molecule has 2 aromatic heterocycles. The molecule has 128 valence electrons. The van der Waals surface area contributed by atoms with Gasteiger partial charge in [-0.3, -0.25) is 9.59 Å². The van der Waals surface area contributed by atoms with Crippen molar-refractivity contribution in [2.45, 2.75) is 25.3 Å². The summed E-state index contributed by atoms with van der Waals surface area (Å²) in [4.78, 5) is 30.4. The van der Waals surface area contributed by atoms with Crippen molar-refractivity contribution in [3.8, 4) is 10.8 Å². The van der Waals surface area contributed by atoms with E-state index in [-0.39, 0.29) is 5.91 Å². The van der Waals surface area contributed by atoms with E-state index in [4.69, 9.17) is 10.2 Å². The van der Waals surface area contributed by atoms with Crippen LogP contribution in [0.3, 0.4) is 0 Å². The zero-order valence-corrected chi connectivity index (χ0v) is 14.3. The molecule has 6 nitrogen and oxygen atoms in total. The monoisotopic (exact) mass is 355 g/mol. The fourth-order valence-electron chi connectivity index (χ4n) is 3.19. The molecule has 1 aliphatic heterocycles. The number of thiazole rings is 1. The van der Waals surface area contributed by atoms with E-state index in [2.05, 4.69) is 4.98 Å². The maximum absolute atomic E-state index is 12.8. The summed E-state index contributed by atoms with van der Waals surface area (Å²) in [5, 5.41) is 3.34. The van der Waals surface area contributed by atoms with Crippen LogP contribution in [0.15, 0.2) is 40.1 Å². The van der Waals surface area contributed by atoms with Crippen LogP contribution in [0.4, 0.5) is 0 Å². The van der Waals surface area contributed by atoms with Crippen LogP contribution in [0.25, 0.3) is 21.7 Å². The Morgan fingerprint density at radius 1 is 1.28 bits per heavy atom. The summed E-state index contributed by atoms with van der Waals surface area (Å²) in [6.07, 6.45) is 2.39. The minimum atomic E-state index is -0.544. The first-order valence-electron chi connectivity index (χ1n) is 8.18. The topological polar surface area (TPSA) is 89.4 Å². The van der Waals surface area contributed by atoms with E-state index in [0.29, 0.717) is 29.4 Å². The van der Waals surface area contributed by atoms with Gasteiger partial charge in [-0.25, -0.2) is 4.98 Å². The van der Waals surface area contributed by atoms with Gasteiger partial charge in [-0.05, 0) is 31.4 Å². The summed E-state index contributed by atoms with van der Waals surface area (Å²) >= 11 is 1.35. The number of para-hydroxylation sites is 1. The number of rotatable bonds is 3. The van der Waals surface area contributed by atoms with Crippen molar-refractivity contribution >= 4 is 34.1 Å². The van der Waals surface area contributed by atoms with Crippen LogP contribution in [-0.2, 0) is 4.79 Å². The molecule has 2 N–H and O–H groups in total. The summed E-state index contributed by atoms with van der Waals surface area (Å²) in [7, 11) is 0. The van der Waals surface area contributed by atoms with E-state index in [0.717, 1.165) is 23.8 Å². The maximum Gasteiger partial charge on any atom is 0.274 e. The Labute approximate surface area is 148 Å². The molecule has 0 bridgehead atoms. The van der Waals surface area contributed by atoms with Crippen LogP contribution in [0.5, 0.6) is 0 Å². The van der Waals surface area contributed by atoms with Crippen molar-refractivity contribution in [2.24, 2.45) is 5.73 Å². The number of fused-ring (bicyclic) bond motifs is 1. The van der Waals surface area contributed by atoms with Gasteiger partial charge in [0.2, 0.25) is 5.91 Å². The number of furan rings is 1. The molecule has 3 aromatic rings. The number of hydrogen-bond acceptors (Lipinski definition) is 5. The van der Waals surface area contributed by atoms with Gasteiger partial charge in [0.05, 0.1) is 0 Å². The maximum atomic E-state index is 12.8. The Balaban J connectivity index is 1.61. The van der Waals surface area contributed by atoms with E-state index < -0.39 is 11.9 Å². The number of nitrogens with two attached hydrogens (primary N) is 1. The predicted molar refractivity (Wildman–Crippen MR) is 95.2 cm³/mol. The van der Waals surface area contributed by atoms with E-state index in [1.807, 2.05) is 30.3 Å². The van der Waals surface area contributed by atoms with Gasteiger partial charge < -0.3 is 15.1 Å². The van der Waals surface area contributed by atoms with Crippen LogP contribution < -0.4 is 5.73 Å². The molecule has 1 atom stereocenters. The van der Waals surface area contributed by atoms with Gasteiger partial charge >= 0.3 is 0 Å². The molecule has 1 fully saturated rings. The number of amides is 2. The molecule has 0 aliphatic carbocycles. The lowest BCUT2D eigenvalue weighted by atomic mass is 10.0. The average molecular weight is 355 g/mol.